The van der Waals surface area contributed by atoms with Crippen LogP contribution in [-0.2, 0) is 9.39 Å². The minimum absolute atomic E-state index is 0.0223. The van der Waals surface area contributed by atoms with E-state index in [0.717, 1.165) is 0 Å². The molecule has 0 spiro atoms. The average Bonchev–Trinajstić information content (AvgIpc) is 2.76. The first-order valence-corrected chi connectivity index (χ1v) is 7.48. The van der Waals surface area contributed by atoms with Gasteiger partial charge in [0.05, 0.1) is 12.7 Å². The van der Waals surface area contributed by atoms with Gasteiger partial charge >= 0.3 is 13.2 Å². The number of ether oxygens (including phenoxy) is 2. The van der Waals surface area contributed by atoms with E-state index in [1.807, 2.05) is 0 Å². The molecule has 1 atom stereocenters. The van der Waals surface area contributed by atoms with Crippen LogP contribution in [0, 0.1) is 5.82 Å². The topological polar surface area (TPSA) is 77.0 Å². The maximum atomic E-state index is 14.1. The lowest BCUT2D eigenvalue weighted by molar-refractivity contribution is 0.0497. The molecule has 126 valence electrons. The third-order valence-electron chi connectivity index (χ3n) is 3.19. The molecule has 1 heterocycles. The van der Waals surface area contributed by atoms with Crippen LogP contribution in [0.3, 0.4) is 0 Å². The number of benzene rings is 1. The molecular formula is C15H21BFNO5. The Labute approximate surface area is 135 Å². The second kappa shape index (κ2) is 6.76. The third-order valence-corrected chi connectivity index (χ3v) is 3.19. The number of carbonyl (C=O) groups is 1. The van der Waals surface area contributed by atoms with Crippen LogP contribution in [0.15, 0.2) is 12.1 Å². The monoisotopic (exact) mass is 325 g/mol. The van der Waals surface area contributed by atoms with E-state index in [1.54, 1.807) is 27.7 Å². The third kappa shape index (κ3) is 4.14. The molecule has 6 nitrogen and oxygen atoms in total. The van der Waals surface area contributed by atoms with E-state index < -0.39 is 30.7 Å². The molecule has 0 bridgehead atoms. The Morgan fingerprint density at radius 3 is 2.78 bits per heavy atom. The van der Waals surface area contributed by atoms with Crippen LogP contribution in [0.25, 0.3) is 0 Å². The first-order valence-electron chi connectivity index (χ1n) is 7.48. The van der Waals surface area contributed by atoms with Gasteiger partial charge in [-0.3, -0.25) is 0 Å². The number of carbonyl (C=O) groups excluding carboxylic acids is 1. The van der Waals surface area contributed by atoms with E-state index >= 15 is 0 Å². The number of alkyl carbamates (subject to hydrolysis) is 1. The Hall–Kier alpha value is -1.80. The van der Waals surface area contributed by atoms with Crippen molar-refractivity contribution in [2.75, 3.05) is 13.2 Å². The lowest BCUT2D eigenvalue weighted by Gasteiger charge is -2.21. The van der Waals surface area contributed by atoms with Gasteiger partial charge in [-0.25, -0.2) is 9.18 Å². The van der Waals surface area contributed by atoms with E-state index in [4.69, 9.17) is 14.1 Å². The zero-order valence-electron chi connectivity index (χ0n) is 13.7. The number of halogens is 1. The van der Waals surface area contributed by atoms with Crippen LogP contribution in [0.5, 0.6) is 5.75 Å². The number of hydrogen-bond donors (Lipinski definition) is 2. The highest BCUT2D eigenvalue weighted by atomic mass is 19.1. The van der Waals surface area contributed by atoms with Gasteiger partial charge < -0.3 is 24.5 Å². The molecule has 1 aliphatic heterocycles. The molecule has 0 unspecified atom stereocenters. The molecule has 1 aliphatic rings. The van der Waals surface area contributed by atoms with Crippen LogP contribution in [0.2, 0.25) is 0 Å². The molecule has 0 saturated heterocycles. The smallest absolute Gasteiger partial charge is 0.494 e. The lowest BCUT2D eigenvalue weighted by atomic mass is 9.78. The van der Waals surface area contributed by atoms with Gasteiger partial charge in [-0.15, -0.1) is 0 Å². The van der Waals surface area contributed by atoms with Gasteiger partial charge in [-0.1, -0.05) is 0 Å². The Morgan fingerprint density at radius 2 is 2.17 bits per heavy atom. The average molecular weight is 325 g/mol. The van der Waals surface area contributed by atoms with Gasteiger partial charge in [0.1, 0.15) is 17.2 Å². The van der Waals surface area contributed by atoms with Crippen LogP contribution in [-0.4, -0.2) is 37.0 Å². The number of rotatable bonds is 4. The van der Waals surface area contributed by atoms with Crippen LogP contribution < -0.4 is 15.5 Å². The van der Waals surface area contributed by atoms with Gasteiger partial charge in [-0.05, 0) is 39.8 Å². The molecule has 0 aliphatic carbocycles. The molecule has 1 aromatic carbocycles. The fourth-order valence-electron chi connectivity index (χ4n) is 2.39. The predicted octanol–water partition coefficient (Wildman–Crippen LogP) is 1.51. The summed E-state index contributed by atoms with van der Waals surface area (Å²) in [4.78, 5) is 11.7. The molecule has 23 heavy (non-hydrogen) atoms. The summed E-state index contributed by atoms with van der Waals surface area (Å²) in [5, 5.41) is 12.5. The lowest BCUT2D eigenvalue weighted by Crippen LogP contribution is -2.35. The maximum absolute atomic E-state index is 14.1. The zero-order chi connectivity index (χ0) is 17.2. The summed E-state index contributed by atoms with van der Waals surface area (Å²) in [6.45, 7) is 7.37. The van der Waals surface area contributed by atoms with Crippen molar-refractivity contribution < 1.29 is 28.3 Å². The van der Waals surface area contributed by atoms with Crippen molar-refractivity contribution in [1.29, 1.82) is 0 Å². The van der Waals surface area contributed by atoms with E-state index in [2.05, 4.69) is 5.32 Å². The first kappa shape index (κ1) is 17.6. The summed E-state index contributed by atoms with van der Waals surface area (Å²) in [7, 11) is -1.30. The highest BCUT2D eigenvalue weighted by Crippen LogP contribution is 2.29. The Balaban J connectivity index is 2.14. The highest BCUT2D eigenvalue weighted by Gasteiger charge is 2.40. The largest absolute Gasteiger partial charge is 0.495 e. The second-order valence-corrected chi connectivity index (χ2v) is 6.17. The number of hydrogen-bond acceptors (Lipinski definition) is 5. The minimum Gasteiger partial charge on any atom is -0.494 e. The maximum Gasteiger partial charge on any atom is 0.495 e. The SMILES string of the molecule is CCOc1ccc(F)c2c1B(O)O[C@H]2CNC(=O)OC(C)(C)C. The fourth-order valence-corrected chi connectivity index (χ4v) is 2.39. The normalized spacial score (nSPS) is 17.0. The Bertz CT molecular complexity index is 590. The van der Waals surface area contributed by atoms with Gasteiger partial charge in [0.25, 0.3) is 0 Å². The number of fused-ring (bicyclic) bond motifs is 1. The van der Waals surface area contributed by atoms with E-state index in [0.29, 0.717) is 12.4 Å². The molecule has 1 amide bonds. The quantitative estimate of drug-likeness (QED) is 0.821. The second-order valence-electron chi connectivity index (χ2n) is 6.17. The van der Waals surface area contributed by atoms with Crippen LogP contribution in [0.4, 0.5) is 9.18 Å². The van der Waals surface area contributed by atoms with E-state index in [9.17, 15) is 14.2 Å². The molecule has 1 aromatic rings. The zero-order valence-corrected chi connectivity index (χ0v) is 13.7. The minimum atomic E-state index is -1.30. The molecule has 0 saturated carbocycles. The fraction of sp³-hybridized carbons (Fsp3) is 0.533. The number of amides is 1. The summed E-state index contributed by atoms with van der Waals surface area (Å²) < 4.78 is 30.0. The van der Waals surface area contributed by atoms with Crippen LogP contribution in [0.1, 0.15) is 39.4 Å². The summed E-state index contributed by atoms with van der Waals surface area (Å²) >= 11 is 0. The Kier molecular flexibility index (Phi) is 5.16. The molecule has 8 heteroatoms. The molecule has 0 radical (unpaired) electrons. The van der Waals surface area contributed by atoms with Crippen molar-refractivity contribution >= 4 is 18.7 Å². The van der Waals surface area contributed by atoms with Crippen molar-refractivity contribution in [3.8, 4) is 5.75 Å². The molecule has 2 N–H and O–H groups in total. The van der Waals surface area contributed by atoms with Crippen molar-refractivity contribution in [3.05, 3.63) is 23.5 Å². The molecule has 0 fully saturated rings. The van der Waals surface area contributed by atoms with Gasteiger partial charge in [0, 0.05) is 17.6 Å². The number of nitrogens with one attached hydrogen (secondary N) is 1. The van der Waals surface area contributed by atoms with Crippen molar-refractivity contribution in [3.63, 3.8) is 0 Å². The standard InChI is InChI=1S/C15H21BFNO5/c1-5-21-10-7-6-9(17)12-11(23-16(20)13(10)12)8-18-14(19)22-15(2,3)4/h6-7,11,20H,5,8H2,1-4H3,(H,18,19)/t11-/m0/s1. The summed E-state index contributed by atoms with van der Waals surface area (Å²) in [6.07, 6.45) is -1.45. The first-order chi connectivity index (χ1) is 10.7. The summed E-state index contributed by atoms with van der Waals surface area (Å²) in [5.74, 6) is -0.146. The van der Waals surface area contributed by atoms with Gasteiger partial charge in [-0.2, -0.15) is 0 Å². The highest BCUT2D eigenvalue weighted by molar-refractivity contribution is 6.62. The van der Waals surface area contributed by atoms with Gasteiger partial charge in [0.15, 0.2) is 0 Å². The van der Waals surface area contributed by atoms with Crippen molar-refractivity contribution in [2.24, 2.45) is 0 Å². The molecule has 2 rings (SSSR count). The van der Waals surface area contributed by atoms with Crippen molar-refractivity contribution in [2.45, 2.75) is 39.4 Å². The molecule has 0 aromatic heterocycles. The summed E-state index contributed by atoms with van der Waals surface area (Å²) in [5.41, 5.74) is -0.173. The van der Waals surface area contributed by atoms with Crippen molar-refractivity contribution in [1.82, 2.24) is 5.32 Å². The van der Waals surface area contributed by atoms with E-state index in [1.165, 1.54) is 12.1 Å². The van der Waals surface area contributed by atoms with Crippen LogP contribution >= 0.6 is 0 Å². The molecular weight excluding hydrogens is 304 g/mol. The summed E-state index contributed by atoms with van der Waals surface area (Å²) in [6, 6.07) is 2.71. The Morgan fingerprint density at radius 1 is 1.48 bits per heavy atom. The van der Waals surface area contributed by atoms with Gasteiger partial charge in [0.2, 0.25) is 0 Å². The predicted molar refractivity (Wildman–Crippen MR) is 83.2 cm³/mol. The van der Waals surface area contributed by atoms with E-state index in [-0.39, 0.29) is 17.6 Å².